The van der Waals surface area contributed by atoms with Gasteiger partial charge in [-0.25, -0.2) is 4.79 Å². The van der Waals surface area contributed by atoms with E-state index in [9.17, 15) is 14.4 Å². The second-order valence-corrected chi connectivity index (χ2v) is 6.74. The van der Waals surface area contributed by atoms with Crippen LogP contribution >= 0.6 is 11.3 Å². The third-order valence-electron chi connectivity index (χ3n) is 3.92. The largest absolute Gasteiger partial charge is 0.478 e. The van der Waals surface area contributed by atoms with Gasteiger partial charge in [-0.2, -0.15) is 0 Å². The van der Waals surface area contributed by atoms with Crippen molar-refractivity contribution in [2.45, 2.75) is 39.0 Å². The van der Waals surface area contributed by atoms with E-state index in [1.54, 1.807) is 0 Å². The lowest BCUT2D eigenvalue weighted by Gasteiger charge is -2.21. The van der Waals surface area contributed by atoms with Gasteiger partial charge in [-0.05, 0) is 30.7 Å². The van der Waals surface area contributed by atoms with E-state index in [-0.39, 0.29) is 0 Å². The molecular weight excluding hydrogens is 316 g/mol. The highest BCUT2D eigenvalue weighted by Crippen LogP contribution is 2.40. The fourth-order valence-corrected chi connectivity index (χ4v) is 4.33. The number of fused-ring (bicyclic) bond motifs is 1. The molecular formula is C16H20N2O4S. The van der Waals surface area contributed by atoms with E-state index < -0.39 is 17.8 Å². The standard InChI is InChI=1S/C16H20N2O4S/c1-2-3-9-4-5-10-11(8-9)23-16(14(10)15(17)22)18-12(19)6-7-13(20)21/h6-7,9H,2-5,8H2,1H3,(H2,17,22)(H,18,19)(H,20,21)/b7-6-/t9-/m0/s1. The van der Waals surface area contributed by atoms with E-state index in [0.29, 0.717) is 16.5 Å². The topological polar surface area (TPSA) is 109 Å². The molecule has 1 heterocycles. The van der Waals surface area contributed by atoms with Crippen molar-refractivity contribution in [1.29, 1.82) is 0 Å². The van der Waals surface area contributed by atoms with Crippen LogP contribution in [0.1, 0.15) is 47.0 Å². The number of nitrogens with two attached hydrogens (primary N) is 1. The number of nitrogens with one attached hydrogen (secondary N) is 1. The van der Waals surface area contributed by atoms with Crippen LogP contribution in [0, 0.1) is 5.92 Å². The fraction of sp³-hybridized carbons (Fsp3) is 0.438. The molecule has 23 heavy (non-hydrogen) atoms. The van der Waals surface area contributed by atoms with Crippen LogP contribution in [0.5, 0.6) is 0 Å². The first-order valence-corrected chi connectivity index (χ1v) is 8.40. The number of amides is 2. The molecule has 0 unspecified atom stereocenters. The third kappa shape index (κ3) is 4.19. The molecule has 2 amide bonds. The van der Waals surface area contributed by atoms with Gasteiger partial charge in [0.05, 0.1) is 5.56 Å². The van der Waals surface area contributed by atoms with E-state index >= 15 is 0 Å². The highest BCUT2D eigenvalue weighted by atomic mass is 32.1. The number of aliphatic carboxylic acids is 1. The first kappa shape index (κ1) is 17.2. The summed E-state index contributed by atoms with van der Waals surface area (Å²) in [6, 6.07) is 0. The molecule has 0 spiro atoms. The van der Waals surface area contributed by atoms with Crippen LogP contribution in [0.4, 0.5) is 5.00 Å². The summed E-state index contributed by atoms with van der Waals surface area (Å²) in [5.74, 6) is -1.75. The molecule has 6 nitrogen and oxygen atoms in total. The van der Waals surface area contributed by atoms with E-state index in [1.807, 2.05) is 0 Å². The number of thiophene rings is 1. The van der Waals surface area contributed by atoms with Gasteiger partial charge in [-0.15, -0.1) is 11.3 Å². The normalized spacial score (nSPS) is 17.0. The molecule has 1 aromatic rings. The average Bonchev–Trinajstić information content (AvgIpc) is 2.82. The Morgan fingerprint density at radius 2 is 2.13 bits per heavy atom. The Labute approximate surface area is 138 Å². The summed E-state index contributed by atoms with van der Waals surface area (Å²) in [5, 5.41) is 11.5. The monoisotopic (exact) mass is 336 g/mol. The second kappa shape index (κ2) is 7.41. The Hall–Kier alpha value is -2.15. The predicted octanol–water partition coefficient (Wildman–Crippen LogP) is 2.33. The van der Waals surface area contributed by atoms with Crippen molar-refractivity contribution in [3.05, 3.63) is 28.2 Å². The van der Waals surface area contributed by atoms with Crippen LogP contribution in [0.3, 0.4) is 0 Å². The first-order chi connectivity index (χ1) is 10.9. The van der Waals surface area contributed by atoms with Gasteiger partial charge >= 0.3 is 5.97 Å². The van der Waals surface area contributed by atoms with Crippen molar-refractivity contribution in [2.75, 3.05) is 5.32 Å². The molecule has 1 aromatic heterocycles. The zero-order chi connectivity index (χ0) is 17.0. The van der Waals surface area contributed by atoms with Crippen molar-refractivity contribution in [2.24, 2.45) is 11.7 Å². The SMILES string of the molecule is CCC[C@H]1CCc2c(sc(NC(=O)/C=C\C(=O)O)c2C(N)=O)C1. The van der Waals surface area contributed by atoms with Gasteiger partial charge in [0.1, 0.15) is 5.00 Å². The first-order valence-electron chi connectivity index (χ1n) is 7.58. The number of carboxylic acids is 1. The number of primary amides is 1. The van der Waals surface area contributed by atoms with E-state index in [4.69, 9.17) is 10.8 Å². The number of carbonyl (C=O) groups excluding carboxylic acids is 2. The molecule has 0 bridgehead atoms. The summed E-state index contributed by atoms with van der Waals surface area (Å²) in [6.45, 7) is 2.15. The fourth-order valence-electron chi connectivity index (χ4n) is 2.96. The van der Waals surface area contributed by atoms with Crippen LogP contribution < -0.4 is 11.1 Å². The number of rotatable bonds is 6. The number of carboxylic acid groups (broad SMARTS) is 1. The van der Waals surface area contributed by atoms with Gasteiger partial charge in [0.25, 0.3) is 5.91 Å². The highest BCUT2D eigenvalue weighted by Gasteiger charge is 2.28. The molecule has 0 aromatic carbocycles. The van der Waals surface area contributed by atoms with Crippen molar-refractivity contribution >= 4 is 34.1 Å². The van der Waals surface area contributed by atoms with Gasteiger partial charge in [0, 0.05) is 17.0 Å². The molecule has 4 N–H and O–H groups in total. The van der Waals surface area contributed by atoms with Crippen molar-refractivity contribution in [3.8, 4) is 0 Å². The van der Waals surface area contributed by atoms with E-state index in [2.05, 4.69) is 12.2 Å². The Kier molecular flexibility index (Phi) is 5.54. The molecule has 1 aliphatic rings. The summed E-state index contributed by atoms with van der Waals surface area (Å²) in [7, 11) is 0. The number of carbonyl (C=O) groups is 3. The summed E-state index contributed by atoms with van der Waals surface area (Å²) < 4.78 is 0. The molecule has 7 heteroatoms. The molecule has 0 fully saturated rings. The third-order valence-corrected chi connectivity index (χ3v) is 5.09. The average molecular weight is 336 g/mol. The van der Waals surface area contributed by atoms with Crippen LogP contribution in [0.15, 0.2) is 12.2 Å². The van der Waals surface area contributed by atoms with Crippen LogP contribution in [0.25, 0.3) is 0 Å². The van der Waals surface area contributed by atoms with Gasteiger partial charge in [-0.3, -0.25) is 9.59 Å². The lowest BCUT2D eigenvalue weighted by atomic mass is 9.84. The minimum absolute atomic E-state index is 0.372. The van der Waals surface area contributed by atoms with Crippen LogP contribution in [0.2, 0.25) is 0 Å². The maximum absolute atomic E-state index is 11.8. The molecule has 0 radical (unpaired) electrons. The Balaban J connectivity index is 2.25. The molecule has 0 saturated heterocycles. The molecule has 124 valence electrons. The quantitative estimate of drug-likeness (QED) is 0.693. The van der Waals surface area contributed by atoms with E-state index in [0.717, 1.165) is 54.7 Å². The Morgan fingerprint density at radius 3 is 2.74 bits per heavy atom. The Bertz CT molecular complexity index is 663. The lowest BCUT2D eigenvalue weighted by molar-refractivity contribution is -0.131. The van der Waals surface area contributed by atoms with Gasteiger partial charge < -0.3 is 16.2 Å². The van der Waals surface area contributed by atoms with Crippen LogP contribution in [-0.2, 0) is 22.4 Å². The maximum Gasteiger partial charge on any atom is 0.328 e. The predicted molar refractivity (Wildman–Crippen MR) is 88.7 cm³/mol. The van der Waals surface area contributed by atoms with Gasteiger partial charge in [0.2, 0.25) is 5.91 Å². The minimum atomic E-state index is -1.21. The summed E-state index contributed by atoms with van der Waals surface area (Å²) in [4.78, 5) is 35.1. The molecule has 1 atom stereocenters. The second-order valence-electron chi connectivity index (χ2n) is 5.63. The number of hydrogen-bond donors (Lipinski definition) is 3. The van der Waals surface area contributed by atoms with Crippen molar-refractivity contribution in [1.82, 2.24) is 0 Å². The van der Waals surface area contributed by atoms with Crippen molar-refractivity contribution < 1.29 is 19.5 Å². The van der Waals surface area contributed by atoms with Crippen molar-refractivity contribution in [3.63, 3.8) is 0 Å². The molecule has 2 rings (SSSR count). The maximum atomic E-state index is 11.8. The van der Waals surface area contributed by atoms with Crippen LogP contribution in [-0.4, -0.2) is 22.9 Å². The Morgan fingerprint density at radius 1 is 1.39 bits per heavy atom. The highest BCUT2D eigenvalue weighted by molar-refractivity contribution is 7.17. The number of hydrogen-bond acceptors (Lipinski definition) is 4. The lowest BCUT2D eigenvalue weighted by Crippen LogP contribution is -2.19. The summed E-state index contributed by atoms with van der Waals surface area (Å²) >= 11 is 1.37. The number of anilines is 1. The zero-order valence-electron chi connectivity index (χ0n) is 12.9. The van der Waals surface area contributed by atoms with Gasteiger partial charge in [0.15, 0.2) is 0 Å². The molecule has 1 aliphatic carbocycles. The summed E-state index contributed by atoms with van der Waals surface area (Å²) in [5.41, 5.74) is 6.79. The molecule has 0 aliphatic heterocycles. The van der Waals surface area contributed by atoms with E-state index in [1.165, 1.54) is 11.3 Å². The zero-order valence-corrected chi connectivity index (χ0v) is 13.7. The van der Waals surface area contributed by atoms with Gasteiger partial charge in [-0.1, -0.05) is 19.8 Å². The minimum Gasteiger partial charge on any atom is -0.478 e. The smallest absolute Gasteiger partial charge is 0.328 e. The summed E-state index contributed by atoms with van der Waals surface area (Å²) in [6.07, 6.45) is 6.65. The molecule has 0 saturated carbocycles.